The number of furan rings is 2. The fourth-order valence-electron chi connectivity index (χ4n) is 5.02. The van der Waals surface area contributed by atoms with Crippen molar-refractivity contribution >= 4 is 22.7 Å². The van der Waals surface area contributed by atoms with Gasteiger partial charge in [-0.2, -0.15) is 0 Å². The Hall–Kier alpha value is -4.66. The maximum Gasteiger partial charge on any atom is 0.290 e. The molecular formula is C32H33NO8. The van der Waals surface area contributed by atoms with Crippen LogP contribution in [-0.4, -0.2) is 42.0 Å². The number of benzene rings is 2. The molecule has 2 aromatic carbocycles. The molecule has 9 heteroatoms. The van der Waals surface area contributed by atoms with Gasteiger partial charge in [0.15, 0.2) is 34.4 Å². The van der Waals surface area contributed by atoms with Gasteiger partial charge in [0, 0.05) is 5.39 Å². The van der Waals surface area contributed by atoms with E-state index in [0.717, 1.165) is 19.3 Å². The van der Waals surface area contributed by atoms with Crippen molar-refractivity contribution in [1.29, 1.82) is 0 Å². The highest BCUT2D eigenvalue weighted by molar-refractivity contribution is 6.16. The molecule has 5 rings (SSSR count). The van der Waals surface area contributed by atoms with Crippen molar-refractivity contribution in [2.45, 2.75) is 45.7 Å². The summed E-state index contributed by atoms with van der Waals surface area (Å²) < 4.78 is 28.7. The molecule has 0 saturated heterocycles. The molecule has 0 bridgehead atoms. The Morgan fingerprint density at radius 1 is 1.00 bits per heavy atom. The van der Waals surface area contributed by atoms with Crippen molar-refractivity contribution in [1.82, 2.24) is 4.90 Å². The second kappa shape index (κ2) is 12.2. The molecule has 1 atom stereocenters. The van der Waals surface area contributed by atoms with Crippen molar-refractivity contribution in [3.8, 4) is 17.2 Å². The Bertz CT molecular complexity index is 1570. The predicted octanol–water partition coefficient (Wildman–Crippen LogP) is 6.78. The van der Waals surface area contributed by atoms with Gasteiger partial charge < -0.3 is 33.1 Å². The molecule has 0 spiro atoms. The first-order valence-corrected chi connectivity index (χ1v) is 13.7. The molecule has 1 unspecified atom stereocenters. The quantitative estimate of drug-likeness (QED) is 0.141. The van der Waals surface area contributed by atoms with Crippen molar-refractivity contribution in [3.63, 3.8) is 0 Å². The van der Waals surface area contributed by atoms with Crippen LogP contribution in [0, 0.1) is 0 Å². The molecule has 0 aliphatic carbocycles. The zero-order valence-electron chi connectivity index (χ0n) is 23.3. The van der Waals surface area contributed by atoms with Crippen LogP contribution < -0.4 is 14.2 Å². The number of Topliss-reactive ketones (excluding diaryl/α,β-unsaturated/α-hetero) is 1. The van der Waals surface area contributed by atoms with E-state index in [2.05, 4.69) is 6.92 Å². The maximum absolute atomic E-state index is 14.0. The van der Waals surface area contributed by atoms with E-state index in [4.69, 9.17) is 23.0 Å². The number of para-hydroxylation sites is 1. The topological polar surface area (TPSA) is 112 Å². The Balaban J connectivity index is 1.57. The predicted molar refractivity (Wildman–Crippen MR) is 151 cm³/mol. The van der Waals surface area contributed by atoms with Crippen LogP contribution in [0.5, 0.6) is 17.2 Å². The minimum Gasteiger partial charge on any atom is -0.503 e. The first-order valence-electron chi connectivity index (χ1n) is 13.7. The summed E-state index contributed by atoms with van der Waals surface area (Å²) in [6, 6.07) is 14.7. The lowest BCUT2D eigenvalue weighted by atomic mass is 9.94. The molecule has 41 heavy (non-hydrogen) atoms. The minimum atomic E-state index is -0.941. The van der Waals surface area contributed by atoms with Gasteiger partial charge in [0.2, 0.25) is 5.78 Å². The van der Waals surface area contributed by atoms with E-state index < -0.39 is 23.5 Å². The number of amides is 1. The van der Waals surface area contributed by atoms with Gasteiger partial charge >= 0.3 is 0 Å². The largest absolute Gasteiger partial charge is 0.503 e. The molecule has 1 aliphatic rings. The Labute approximate surface area is 237 Å². The first-order chi connectivity index (χ1) is 20.0. The number of fused-ring (bicyclic) bond motifs is 1. The number of hydrogen-bond acceptors (Lipinski definition) is 8. The van der Waals surface area contributed by atoms with Gasteiger partial charge in [-0.1, -0.05) is 38.0 Å². The smallest absolute Gasteiger partial charge is 0.290 e. The second-order valence-corrected chi connectivity index (χ2v) is 9.69. The molecule has 4 aromatic rings. The van der Waals surface area contributed by atoms with Crippen LogP contribution in [0.15, 0.2) is 81.0 Å². The van der Waals surface area contributed by atoms with Gasteiger partial charge in [-0.15, -0.1) is 0 Å². The number of ether oxygens (including phenoxy) is 3. The molecule has 0 saturated carbocycles. The van der Waals surface area contributed by atoms with Crippen LogP contribution in [0.3, 0.4) is 0 Å². The van der Waals surface area contributed by atoms with Crippen molar-refractivity contribution in [3.05, 3.63) is 89.3 Å². The summed E-state index contributed by atoms with van der Waals surface area (Å²) in [5.41, 5.74) is 0.865. The summed E-state index contributed by atoms with van der Waals surface area (Å²) in [4.78, 5) is 28.8. The lowest BCUT2D eigenvalue weighted by Gasteiger charge is -2.26. The summed E-state index contributed by atoms with van der Waals surface area (Å²) in [5, 5.41) is 11.8. The lowest BCUT2D eigenvalue weighted by molar-refractivity contribution is -0.130. The third kappa shape index (κ3) is 5.52. The number of ketones is 1. The highest BCUT2D eigenvalue weighted by Crippen LogP contribution is 2.43. The average Bonchev–Trinajstić information content (AvgIpc) is 3.71. The van der Waals surface area contributed by atoms with Crippen molar-refractivity contribution in [2.24, 2.45) is 0 Å². The standard InChI is InChI=1S/C32H33NO8/c1-4-6-7-15-40-23-14-13-20(17-25(23)38-5-2)28-27(30(35)32(36)33(28)19-22-11-9-16-39-22)29(34)26-18-21-10-8-12-24(37-3)31(21)41-26/h8-14,16-18,28,35H,4-7,15,19H2,1-3H3. The van der Waals surface area contributed by atoms with Gasteiger partial charge in [0.25, 0.3) is 5.91 Å². The highest BCUT2D eigenvalue weighted by Gasteiger charge is 2.45. The van der Waals surface area contributed by atoms with Crippen LogP contribution >= 0.6 is 0 Å². The lowest BCUT2D eigenvalue weighted by Crippen LogP contribution is -2.30. The number of carbonyl (C=O) groups excluding carboxylic acids is 2. The molecule has 3 heterocycles. The normalized spacial score (nSPS) is 15.1. The molecule has 2 aromatic heterocycles. The van der Waals surface area contributed by atoms with Crippen LogP contribution in [-0.2, 0) is 11.3 Å². The van der Waals surface area contributed by atoms with Crippen LogP contribution in [0.4, 0.5) is 0 Å². The number of aliphatic hydroxyl groups excluding tert-OH is 1. The van der Waals surface area contributed by atoms with E-state index in [-0.39, 0.29) is 17.9 Å². The fourth-order valence-corrected chi connectivity index (χ4v) is 5.02. The summed E-state index contributed by atoms with van der Waals surface area (Å²) in [6.07, 6.45) is 4.54. The number of hydrogen-bond donors (Lipinski definition) is 1. The van der Waals surface area contributed by atoms with Crippen LogP contribution in [0.1, 0.15) is 61.0 Å². The third-order valence-electron chi connectivity index (χ3n) is 7.00. The van der Waals surface area contributed by atoms with Gasteiger partial charge in [-0.3, -0.25) is 9.59 Å². The molecular weight excluding hydrogens is 526 g/mol. The number of methoxy groups -OCH3 is 1. The van der Waals surface area contributed by atoms with Gasteiger partial charge in [0.05, 0.1) is 44.7 Å². The summed E-state index contributed by atoms with van der Waals surface area (Å²) in [5.74, 6) is 0.0487. The molecule has 0 fully saturated rings. The SMILES string of the molecule is CCCCCOc1ccc(C2C(C(=O)c3cc4cccc(OC)c4o3)=C(O)C(=O)N2Cc2ccco2)cc1OCC. The van der Waals surface area contributed by atoms with Crippen molar-refractivity contribution in [2.75, 3.05) is 20.3 Å². The fraction of sp³-hybridized carbons (Fsp3) is 0.312. The number of carbonyl (C=O) groups is 2. The van der Waals surface area contributed by atoms with E-state index in [9.17, 15) is 14.7 Å². The Morgan fingerprint density at radius 3 is 2.59 bits per heavy atom. The summed E-state index contributed by atoms with van der Waals surface area (Å²) >= 11 is 0. The number of rotatable bonds is 13. The zero-order chi connectivity index (χ0) is 28.9. The van der Waals surface area contributed by atoms with E-state index >= 15 is 0 Å². The Morgan fingerprint density at radius 2 is 1.85 bits per heavy atom. The average molecular weight is 560 g/mol. The Kier molecular flexibility index (Phi) is 8.33. The second-order valence-electron chi connectivity index (χ2n) is 9.69. The molecule has 9 nitrogen and oxygen atoms in total. The number of nitrogens with zero attached hydrogens (tertiary/aromatic N) is 1. The van der Waals surface area contributed by atoms with E-state index in [0.29, 0.717) is 52.8 Å². The first kappa shape index (κ1) is 27.9. The van der Waals surface area contributed by atoms with Crippen LogP contribution in [0.25, 0.3) is 11.0 Å². The highest BCUT2D eigenvalue weighted by atomic mass is 16.5. The minimum absolute atomic E-state index is 0.0235. The van der Waals surface area contributed by atoms with Gasteiger partial charge in [-0.05, 0) is 55.3 Å². The van der Waals surface area contributed by atoms with E-state index in [1.54, 1.807) is 54.6 Å². The number of unbranched alkanes of at least 4 members (excludes halogenated alkanes) is 2. The van der Waals surface area contributed by atoms with E-state index in [1.807, 2.05) is 6.92 Å². The van der Waals surface area contributed by atoms with Crippen LogP contribution in [0.2, 0.25) is 0 Å². The summed E-state index contributed by atoms with van der Waals surface area (Å²) in [6.45, 7) is 4.96. The van der Waals surface area contributed by atoms with Crippen molar-refractivity contribution < 1.29 is 37.7 Å². The molecule has 1 aliphatic heterocycles. The molecule has 214 valence electrons. The maximum atomic E-state index is 14.0. The molecule has 1 amide bonds. The van der Waals surface area contributed by atoms with E-state index in [1.165, 1.54) is 18.3 Å². The number of aliphatic hydroxyl groups is 1. The monoisotopic (exact) mass is 559 g/mol. The molecule has 0 radical (unpaired) electrons. The zero-order valence-corrected chi connectivity index (χ0v) is 23.3. The molecule has 1 N–H and O–H groups in total. The third-order valence-corrected chi connectivity index (χ3v) is 7.00. The summed E-state index contributed by atoms with van der Waals surface area (Å²) in [7, 11) is 1.51. The van der Waals surface area contributed by atoms with Gasteiger partial charge in [0.1, 0.15) is 5.76 Å². The van der Waals surface area contributed by atoms with Gasteiger partial charge in [-0.25, -0.2) is 0 Å².